The predicted octanol–water partition coefficient (Wildman–Crippen LogP) is 1.81. The Hall–Kier alpha value is -2.69. The molecule has 2 rings (SSSR count). The molecule has 1 aromatic heterocycles. The van der Waals surface area contributed by atoms with Crippen LogP contribution in [0, 0.1) is 0 Å². The van der Waals surface area contributed by atoms with Crippen LogP contribution in [0.4, 0.5) is 5.69 Å². The van der Waals surface area contributed by atoms with Crippen LogP contribution in [-0.4, -0.2) is 28.5 Å². The van der Waals surface area contributed by atoms with Crippen LogP contribution in [0.15, 0.2) is 54.7 Å². The van der Waals surface area contributed by atoms with Gasteiger partial charge in [0.15, 0.2) is 0 Å². The first-order valence-electron chi connectivity index (χ1n) is 5.68. The third-order valence-corrected chi connectivity index (χ3v) is 2.49. The molecule has 0 aliphatic carbocycles. The monoisotopic (exact) mass is 256 g/mol. The van der Waals surface area contributed by atoms with E-state index in [1.54, 1.807) is 48.5 Å². The number of hydrogen-bond donors (Lipinski definition) is 1. The minimum absolute atomic E-state index is 0.215. The second-order valence-electron chi connectivity index (χ2n) is 3.84. The number of anilines is 1. The normalized spacial score (nSPS) is 9.89. The van der Waals surface area contributed by atoms with E-state index in [1.807, 2.05) is 0 Å². The van der Waals surface area contributed by atoms with Crippen molar-refractivity contribution in [1.29, 1.82) is 0 Å². The van der Waals surface area contributed by atoms with Gasteiger partial charge in [-0.25, -0.2) is 0 Å². The minimum atomic E-state index is -1.08. The summed E-state index contributed by atoms with van der Waals surface area (Å²) < 4.78 is 0. The van der Waals surface area contributed by atoms with Gasteiger partial charge in [-0.05, 0) is 24.3 Å². The van der Waals surface area contributed by atoms with Gasteiger partial charge in [-0.15, -0.1) is 0 Å². The summed E-state index contributed by atoms with van der Waals surface area (Å²) in [6, 6.07) is 13.6. The molecule has 5 nitrogen and oxygen atoms in total. The van der Waals surface area contributed by atoms with Crippen molar-refractivity contribution in [1.82, 2.24) is 4.98 Å². The Morgan fingerprint density at radius 3 is 2.32 bits per heavy atom. The van der Waals surface area contributed by atoms with E-state index < -0.39 is 18.4 Å². The van der Waals surface area contributed by atoms with Gasteiger partial charge in [0.2, 0.25) is 0 Å². The molecular weight excluding hydrogens is 244 g/mol. The molecule has 96 valence electrons. The minimum Gasteiger partial charge on any atom is -0.480 e. The summed E-state index contributed by atoms with van der Waals surface area (Å²) in [6.45, 7) is -0.403. The highest BCUT2D eigenvalue weighted by atomic mass is 16.4. The number of carbonyl (C=O) groups excluding carboxylic acids is 1. The van der Waals surface area contributed by atoms with Crippen LogP contribution < -0.4 is 4.90 Å². The fourth-order valence-electron chi connectivity index (χ4n) is 1.65. The summed E-state index contributed by atoms with van der Waals surface area (Å²) in [5, 5.41) is 8.93. The third kappa shape index (κ3) is 3.16. The topological polar surface area (TPSA) is 70.5 Å². The Morgan fingerprint density at radius 2 is 1.74 bits per heavy atom. The molecule has 0 aliphatic heterocycles. The van der Waals surface area contributed by atoms with E-state index in [4.69, 9.17) is 5.11 Å². The van der Waals surface area contributed by atoms with Gasteiger partial charge in [0.1, 0.15) is 12.2 Å². The lowest BCUT2D eigenvalue weighted by Crippen LogP contribution is -2.36. The highest BCUT2D eigenvalue weighted by Crippen LogP contribution is 2.15. The second-order valence-corrected chi connectivity index (χ2v) is 3.84. The van der Waals surface area contributed by atoms with Crippen LogP contribution in [-0.2, 0) is 4.79 Å². The third-order valence-electron chi connectivity index (χ3n) is 2.49. The van der Waals surface area contributed by atoms with E-state index in [1.165, 1.54) is 11.1 Å². The molecule has 0 unspecified atom stereocenters. The molecule has 5 heteroatoms. The Bertz CT molecular complexity index is 570. The summed E-state index contributed by atoms with van der Waals surface area (Å²) in [4.78, 5) is 28.3. The van der Waals surface area contributed by atoms with Crippen molar-refractivity contribution in [2.45, 2.75) is 0 Å². The number of aliphatic carboxylic acids is 1. The molecule has 0 radical (unpaired) electrons. The van der Waals surface area contributed by atoms with Gasteiger partial charge in [-0.3, -0.25) is 19.5 Å². The molecule has 0 atom stereocenters. The molecule has 2 aromatic rings. The van der Waals surface area contributed by atoms with Gasteiger partial charge in [-0.2, -0.15) is 0 Å². The zero-order valence-electron chi connectivity index (χ0n) is 10.1. The van der Waals surface area contributed by atoms with Crippen molar-refractivity contribution in [3.8, 4) is 0 Å². The predicted molar refractivity (Wildman–Crippen MR) is 70.0 cm³/mol. The first kappa shape index (κ1) is 12.8. The maximum absolute atomic E-state index is 12.3. The summed E-state index contributed by atoms with van der Waals surface area (Å²) in [5.41, 5.74) is 0.744. The van der Waals surface area contributed by atoms with Gasteiger partial charge in [0.25, 0.3) is 5.91 Å². The Labute approximate surface area is 110 Å². The summed E-state index contributed by atoms with van der Waals surface area (Å²) in [6.07, 6.45) is 1.50. The maximum atomic E-state index is 12.3. The highest BCUT2D eigenvalue weighted by molar-refractivity contribution is 6.06. The summed E-state index contributed by atoms with van der Waals surface area (Å²) in [7, 11) is 0. The van der Waals surface area contributed by atoms with Crippen molar-refractivity contribution in [2.24, 2.45) is 0 Å². The van der Waals surface area contributed by atoms with Crippen molar-refractivity contribution in [2.75, 3.05) is 11.4 Å². The maximum Gasteiger partial charge on any atom is 0.323 e. The van der Waals surface area contributed by atoms with Crippen LogP contribution in [0.2, 0.25) is 0 Å². The molecule has 1 aromatic carbocycles. The van der Waals surface area contributed by atoms with Crippen molar-refractivity contribution in [3.05, 3.63) is 60.4 Å². The van der Waals surface area contributed by atoms with E-state index in [-0.39, 0.29) is 5.69 Å². The van der Waals surface area contributed by atoms with E-state index in [9.17, 15) is 9.59 Å². The Morgan fingerprint density at radius 1 is 1.05 bits per heavy atom. The number of carboxylic acids is 1. The molecular formula is C14H12N2O3. The van der Waals surface area contributed by atoms with Crippen molar-refractivity contribution < 1.29 is 14.7 Å². The molecule has 0 bridgehead atoms. The Balaban J connectivity index is 2.33. The van der Waals surface area contributed by atoms with Crippen molar-refractivity contribution >= 4 is 17.6 Å². The molecule has 0 aliphatic rings. The van der Waals surface area contributed by atoms with E-state index >= 15 is 0 Å². The lowest BCUT2D eigenvalue weighted by molar-refractivity contribution is -0.135. The van der Waals surface area contributed by atoms with Gasteiger partial charge in [0.05, 0.1) is 0 Å². The SMILES string of the molecule is O=C(O)CN(C(=O)c1ccccn1)c1ccccc1. The van der Waals surface area contributed by atoms with E-state index in [0.717, 1.165) is 0 Å². The van der Waals surface area contributed by atoms with Gasteiger partial charge < -0.3 is 5.11 Å². The zero-order chi connectivity index (χ0) is 13.7. The number of nitrogens with zero attached hydrogens (tertiary/aromatic N) is 2. The largest absolute Gasteiger partial charge is 0.480 e. The molecule has 1 amide bonds. The van der Waals surface area contributed by atoms with Crippen LogP contribution in [0.5, 0.6) is 0 Å². The Kier molecular flexibility index (Phi) is 3.87. The number of benzene rings is 1. The van der Waals surface area contributed by atoms with Crippen LogP contribution in [0.1, 0.15) is 10.5 Å². The number of para-hydroxylation sites is 1. The van der Waals surface area contributed by atoms with E-state index in [2.05, 4.69) is 4.98 Å². The second kappa shape index (κ2) is 5.77. The van der Waals surface area contributed by atoms with Crippen LogP contribution >= 0.6 is 0 Å². The summed E-state index contributed by atoms with van der Waals surface area (Å²) >= 11 is 0. The molecule has 0 spiro atoms. The fraction of sp³-hybridized carbons (Fsp3) is 0.0714. The lowest BCUT2D eigenvalue weighted by Gasteiger charge is -2.20. The first-order valence-corrected chi connectivity index (χ1v) is 5.68. The van der Waals surface area contributed by atoms with Gasteiger partial charge in [-0.1, -0.05) is 24.3 Å². The number of amides is 1. The number of rotatable bonds is 4. The average Bonchev–Trinajstić information content (AvgIpc) is 2.46. The number of carbonyl (C=O) groups is 2. The molecule has 1 heterocycles. The highest BCUT2D eigenvalue weighted by Gasteiger charge is 2.20. The molecule has 0 saturated carbocycles. The summed E-state index contributed by atoms with van der Waals surface area (Å²) in [5.74, 6) is -1.51. The first-order chi connectivity index (χ1) is 9.18. The fourth-order valence-corrected chi connectivity index (χ4v) is 1.65. The van der Waals surface area contributed by atoms with Gasteiger partial charge in [0, 0.05) is 11.9 Å². The number of carboxylic acid groups (broad SMARTS) is 1. The molecule has 0 fully saturated rings. The number of aromatic nitrogens is 1. The standard InChI is InChI=1S/C14H12N2O3/c17-13(18)10-16(11-6-2-1-3-7-11)14(19)12-8-4-5-9-15-12/h1-9H,10H2,(H,17,18). The van der Waals surface area contributed by atoms with Crippen LogP contribution in [0.25, 0.3) is 0 Å². The number of pyridine rings is 1. The zero-order valence-corrected chi connectivity index (χ0v) is 10.1. The smallest absolute Gasteiger partial charge is 0.323 e. The molecule has 0 saturated heterocycles. The average molecular weight is 256 g/mol. The molecule has 1 N–H and O–H groups in total. The van der Waals surface area contributed by atoms with Gasteiger partial charge >= 0.3 is 5.97 Å². The lowest BCUT2D eigenvalue weighted by atomic mass is 10.2. The quantitative estimate of drug-likeness (QED) is 0.905. The van der Waals surface area contributed by atoms with Crippen LogP contribution in [0.3, 0.4) is 0 Å². The van der Waals surface area contributed by atoms with Crippen molar-refractivity contribution in [3.63, 3.8) is 0 Å². The molecule has 19 heavy (non-hydrogen) atoms. The number of hydrogen-bond acceptors (Lipinski definition) is 3. The van der Waals surface area contributed by atoms with E-state index in [0.29, 0.717) is 5.69 Å².